The fourth-order valence-corrected chi connectivity index (χ4v) is 1.85. The summed E-state index contributed by atoms with van der Waals surface area (Å²) in [4.78, 5) is 12.1. The Bertz CT molecular complexity index is 586. The summed E-state index contributed by atoms with van der Waals surface area (Å²) in [7, 11) is 0. The van der Waals surface area contributed by atoms with E-state index in [1.165, 1.54) is 0 Å². The fourth-order valence-electron chi connectivity index (χ4n) is 1.85. The number of anilines is 1. The lowest BCUT2D eigenvalue weighted by molar-refractivity contribution is 0.102. The van der Waals surface area contributed by atoms with E-state index in [4.69, 9.17) is 14.3 Å². The topological polar surface area (TPSA) is 71.7 Å². The predicted molar refractivity (Wildman–Crippen MR) is 75.2 cm³/mol. The third-order valence-corrected chi connectivity index (χ3v) is 2.76. The lowest BCUT2D eigenvalue weighted by Crippen LogP contribution is -2.12. The first-order valence-corrected chi connectivity index (χ1v) is 6.32. The standard InChI is InChI=1S/C15H17NO4/c1-10-9-14(11(2)20-10)15(18)16-12-3-5-13(6-4-12)19-8-7-17/h3-6,9,17H,7-8H2,1-2H3,(H,16,18). The Hall–Kier alpha value is -2.27. The van der Waals surface area contributed by atoms with E-state index in [1.54, 1.807) is 44.2 Å². The van der Waals surface area contributed by atoms with Crippen molar-refractivity contribution in [2.45, 2.75) is 13.8 Å². The lowest BCUT2D eigenvalue weighted by Gasteiger charge is -2.07. The van der Waals surface area contributed by atoms with Crippen molar-refractivity contribution in [1.29, 1.82) is 0 Å². The Morgan fingerprint density at radius 2 is 2.00 bits per heavy atom. The van der Waals surface area contributed by atoms with E-state index >= 15 is 0 Å². The fraction of sp³-hybridized carbons (Fsp3) is 0.267. The number of nitrogens with one attached hydrogen (secondary N) is 1. The molecule has 2 aromatic rings. The highest BCUT2D eigenvalue weighted by Crippen LogP contribution is 2.18. The zero-order valence-corrected chi connectivity index (χ0v) is 11.5. The van der Waals surface area contributed by atoms with Gasteiger partial charge in [-0.2, -0.15) is 0 Å². The molecule has 0 fully saturated rings. The number of aliphatic hydroxyl groups excluding tert-OH is 1. The van der Waals surface area contributed by atoms with Crippen LogP contribution >= 0.6 is 0 Å². The van der Waals surface area contributed by atoms with Crippen LogP contribution < -0.4 is 10.1 Å². The van der Waals surface area contributed by atoms with E-state index in [-0.39, 0.29) is 19.1 Å². The molecule has 0 bridgehead atoms. The summed E-state index contributed by atoms with van der Waals surface area (Å²) in [6.07, 6.45) is 0. The van der Waals surface area contributed by atoms with Crippen LogP contribution in [0.2, 0.25) is 0 Å². The van der Waals surface area contributed by atoms with Crippen molar-refractivity contribution in [3.8, 4) is 5.75 Å². The van der Waals surface area contributed by atoms with Gasteiger partial charge in [0.05, 0.1) is 12.2 Å². The summed E-state index contributed by atoms with van der Waals surface area (Å²) in [5, 5.41) is 11.5. The van der Waals surface area contributed by atoms with Gasteiger partial charge in [0.15, 0.2) is 0 Å². The van der Waals surface area contributed by atoms with Crippen molar-refractivity contribution < 1.29 is 19.1 Å². The van der Waals surface area contributed by atoms with Gasteiger partial charge in [0, 0.05) is 5.69 Å². The van der Waals surface area contributed by atoms with Crippen LogP contribution in [0, 0.1) is 13.8 Å². The zero-order chi connectivity index (χ0) is 14.5. The van der Waals surface area contributed by atoms with Crippen molar-refractivity contribution in [2.75, 3.05) is 18.5 Å². The molecule has 20 heavy (non-hydrogen) atoms. The van der Waals surface area contributed by atoms with Crippen LogP contribution in [0.4, 0.5) is 5.69 Å². The Balaban J connectivity index is 2.02. The Morgan fingerprint density at radius 3 is 2.55 bits per heavy atom. The second-order valence-electron chi connectivity index (χ2n) is 4.38. The minimum Gasteiger partial charge on any atom is -0.491 e. The van der Waals surface area contributed by atoms with Crippen molar-refractivity contribution in [2.24, 2.45) is 0 Å². The summed E-state index contributed by atoms with van der Waals surface area (Å²) in [5.74, 6) is 1.75. The lowest BCUT2D eigenvalue weighted by atomic mass is 10.2. The number of hydrogen-bond donors (Lipinski definition) is 2. The maximum Gasteiger partial charge on any atom is 0.259 e. The first kappa shape index (κ1) is 14.1. The van der Waals surface area contributed by atoms with E-state index < -0.39 is 0 Å². The quantitative estimate of drug-likeness (QED) is 0.879. The SMILES string of the molecule is Cc1cc(C(=O)Nc2ccc(OCCO)cc2)c(C)o1. The smallest absolute Gasteiger partial charge is 0.259 e. The van der Waals surface area contributed by atoms with Crippen molar-refractivity contribution in [3.63, 3.8) is 0 Å². The van der Waals surface area contributed by atoms with E-state index in [0.29, 0.717) is 28.5 Å². The summed E-state index contributed by atoms with van der Waals surface area (Å²) >= 11 is 0. The first-order valence-electron chi connectivity index (χ1n) is 6.32. The van der Waals surface area contributed by atoms with Crippen LogP contribution in [0.15, 0.2) is 34.7 Å². The maximum atomic E-state index is 12.1. The van der Waals surface area contributed by atoms with Gasteiger partial charge in [0.1, 0.15) is 23.9 Å². The van der Waals surface area contributed by atoms with E-state index in [2.05, 4.69) is 5.32 Å². The minimum absolute atomic E-state index is 0.0302. The molecule has 0 aliphatic carbocycles. The van der Waals surface area contributed by atoms with Gasteiger partial charge in [-0.05, 0) is 44.2 Å². The van der Waals surface area contributed by atoms with Crippen molar-refractivity contribution in [3.05, 3.63) is 47.4 Å². The van der Waals surface area contributed by atoms with Gasteiger partial charge < -0.3 is 19.6 Å². The molecule has 0 aliphatic heterocycles. The Morgan fingerprint density at radius 1 is 1.30 bits per heavy atom. The van der Waals surface area contributed by atoms with E-state index in [0.717, 1.165) is 0 Å². The molecule has 106 valence electrons. The molecule has 0 saturated heterocycles. The molecular formula is C15H17NO4. The molecule has 0 spiro atoms. The second kappa shape index (κ2) is 6.25. The molecule has 1 amide bonds. The molecule has 2 N–H and O–H groups in total. The predicted octanol–water partition coefficient (Wildman–Crippen LogP) is 2.52. The molecule has 0 aliphatic rings. The highest BCUT2D eigenvalue weighted by Gasteiger charge is 2.13. The monoisotopic (exact) mass is 275 g/mol. The third kappa shape index (κ3) is 3.39. The van der Waals surface area contributed by atoms with Gasteiger partial charge >= 0.3 is 0 Å². The summed E-state index contributed by atoms with van der Waals surface area (Å²) in [5.41, 5.74) is 1.20. The summed E-state index contributed by atoms with van der Waals surface area (Å²) < 4.78 is 10.6. The first-order chi connectivity index (χ1) is 9.60. The molecule has 2 rings (SSSR count). The summed E-state index contributed by atoms with van der Waals surface area (Å²) in [6, 6.07) is 8.67. The average molecular weight is 275 g/mol. The molecule has 1 aromatic heterocycles. The molecule has 5 nitrogen and oxygen atoms in total. The van der Waals surface area contributed by atoms with E-state index in [1.807, 2.05) is 0 Å². The number of carbonyl (C=O) groups excluding carboxylic acids is 1. The number of carbonyl (C=O) groups is 1. The van der Waals surface area contributed by atoms with Crippen LogP contribution in [0.1, 0.15) is 21.9 Å². The summed E-state index contributed by atoms with van der Waals surface area (Å²) in [6.45, 7) is 3.78. The number of rotatable bonds is 5. The number of hydrogen-bond acceptors (Lipinski definition) is 4. The average Bonchev–Trinajstić information content (AvgIpc) is 2.77. The highest BCUT2D eigenvalue weighted by atomic mass is 16.5. The minimum atomic E-state index is -0.205. The van der Waals surface area contributed by atoms with Gasteiger partial charge in [-0.15, -0.1) is 0 Å². The van der Waals surface area contributed by atoms with Gasteiger partial charge in [0.25, 0.3) is 5.91 Å². The van der Waals surface area contributed by atoms with Gasteiger partial charge in [-0.1, -0.05) is 0 Å². The number of furan rings is 1. The Kier molecular flexibility index (Phi) is 4.42. The molecular weight excluding hydrogens is 258 g/mol. The van der Waals surface area contributed by atoms with Gasteiger partial charge in [0.2, 0.25) is 0 Å². The van der Waals surface area contributed by atoms with E-state index in [9.17, 15) is 4.79 Å². The number of amides is 1. The van der Waals surface area contributed by atoms with Crippen LogP contribution in [0.3, 0.4) is 0 Å². The number of aryl methyl sites for hydroxylation is 2. The number of benzene rings is 1. The molecule has 0 unspecified atom stereocenters. The Labute approximate surface area is 117 Å². The molecule has 1 aromatic carbocycles. The molecule has 0 radical (unpaired) electrons. The van der Waals surface area contributed by atoms with Crippen LogP contribution in [0.25, 0.3) is 0 Å². The van der Waals surface area contributed by atoms with Gasteiger partial charge in [-0.3, -0.25) is 4.79 Å². The molecule has 0 atom stereocenters. The third-order valence-electron chi connectivity index (χ3n) is 2.76. The van der Waals surface area contributed by atoms with Crippen molar-refractivity contribution in [1.82, 2.24) is 0 Å². The second-order valence-corrected chi connectivity index (χ2v) is 4.38. The van der Waals surface area contributed by atoms with Gasteiger partial charge in [-0.25, -0.2) is 0 Å². The number of aliphatic hydroxyl groups is 1. The molecule has 1 heterocycles. The molecule has 0 saturated carbocycles. The normalized spacial score (nSPS) is 10.3. The van der Waals surface area contributed by atoms with Crippen molar-refractivity contribution >= 4 is 11.6 Å². The van der Waals surface area contributed by atoms with Crippen LogP contribution in [0.5, 0.6) is 5.75 Å². The maximum absolute atomic E-state index is 12.1. The van der Waals surface area contributed by atoms with Crippen LogP contribution in [-0.4, -0.2) is 24.2 Å². The largest absolute Gasteiger partial charge is 0.491 e. The highest BCUT2D eigenvalue weighted by molar-refractivity contribution is 6.05. The van der Waals surface area contributed by atoms with Crippen LogP contribution in [-0.2, 0) is 0 Å². The number of ether oxygens (including phenoxy) is 1. The molecule has 5 heteroatoms. The zero-order valence-electron chi connectivity index (χ0n) is 11.5.